The number of unbranched alkanes of at least 4 members (excludes halogenated alkanes) is 1. The van der Waals surface area contributed by atoms with Gasteiger partial charge in [0.05, 0.1) is 6.61 Å². The molecule has 0 aromatic heterocycles. The van der Waals surface area contributed by atoms with Crippen molar-refractivity contribution in [2.24, 2.45) is 0 Å². The Hall–Kier alpha value is 0.105. The first-order valence-electron chi connectivity index (χ1n) is 3.21. The first-order chi connectivity index (χ1) is 4.81. The van der Waals surface area contributed by atoms with Gasteiger partial charge in [-0.1, -0.05) is 6.58 Å². The summed E-state index contributed by atoms with van der Waals surface area (Å²) in [7, 11) is 0. The number of esters is 1. The van der Waals surface area contributed by atoms with Crippen molar-refractivity contribution in [2.75, 3.05) is 13.2 Å². The molecule has 0 aliphatic heterocycles. The van der Waals surface area contributed by atoms with E-state index in [-0.39, 0.29) is 34.3 Å². The fourth-order valence-corrected chi connectivity index (χ4v) is 0.446. The van der Waals surface area contributed by atoms with Gasteiger partial charge in [0.2, 0.25) is 0 Å². The molecular formula is C7H12HgO3. The average molecular weight is 345 g/mol. The Balaban J connectivity index is 0. The monoisotopic (exact) mass is 346 g/mol. The van der Waals surface area contributed by atoms with E-state index in [0.717, 1.165) is 6.08 Å². The number of hydrogen-bond acceptors (Lipinski definition) is 3. The molecule has 0 heterocycles. The minimum atomic E-state index is -0.405. The Labute approximate surface area is 86.9 Å². The van der Waals surface area contributed by atoms with E-state index in [0.29, 0.717) is 19.4 Å². The molecule has 0 bridgehead atoms. The van der Waals surface area contributed by atoms with Crippen LogP contribution in [0.15, 0.2) is 12.7 Å². The zero-order valence-corrected chi connectivity index (χ0v) is 12.1. The van der Waals surface area contributed by atoms with Gasteiger partial charge in [-0.15, -0.1) is 0 Å². The number of carbonyl (C=O) groups excluding carboxylic acids is 1. The van der Waals surface area contributed by atoms with E-state index in [1.165, 1.54) is 0 Å². The van der Waals surface area contributed by atoms with E-state index in [2.05, 4.69) is 11.3 Å². The van der Waals surface area contributed by atoms with Crippen molar-refractivity contribution in [1.29, 1.82) is 0 Å². The summed E-state index contributed by atoms with van der Waals surface area (Å²) in [5, 5.41) is 8.33. The summed E-state index contributed by atoms with van der Waals surface area (Å²) >= 11 is 0. The van der Waals surface area contributed by atoms with Gasteiger partial charge in [0.15, 0.2) is 0 Å². The molecule has 60 valence electrons. The molecule has 0 rings (SSSR count). The van der Waals surface area contributed by atoms with Crippen LogP contribution < -0.4 is 0 Å². The Bertz CT molecular complexity index is 114. The van der Waals surface area contributed by atoms with Crippen LogP contribution in [0.3, 0.4) is 0 Å². The van der Waals surface area contributed by atoms with Crippen molar-refractivity contribution < 1.29 is 42.3 Å². The molecule has 0 saturated heterocycles. The molecule has 1 N–H and O–H groups in total. The molecular weight excluding hydrogens is 333 g/mol. The molecule has 3 nitrogen and oxygen atoms in total. The fraction of sp³-hybridized carbons (Fsp3) is 0.571. The number of aliphatic hydroxyl groups is 1. The van der Waals surface area contributed by atoms with Crippen LogP contribution in [0.4, 0.5) is 0 Å². The van der Waals surface area contributed by atoms with Crippen LogP contribution in [-0.4, -0.2) is 24.3 Å². The topological polar surface area (TPSA) is 46.5 Å². The molecule has 0 aromatic rings. The zero-order chi connectivity index (χ0) is 7.82. The van der Waals surface area contributed by atoms with Crippen molar-refractivity contribution in [3.05, 3.63) is 12.7 Å². The van der Waals surface area contributed by atoms with E-state index in [1.807, 2.05) is 0 Å². The van der Waals surface area contributed by atoms with Gasteiger partial charge in [-0.3, -0.25) is 0 Å². The van der Waals surface area contributed by atoms with E-state index in [4.69, 9.17) is 5.11 Å². The van der Waals surface area contributed by atoms with E-state index >= 15 is 0 Å². The number of hydrogen-bond donors (Lipinski definition) is 1. The molecule has 0 unspecified atom stereocenters. The molecule has 0 aromatic carbocycles. The van der Waals surface area contributed by atoms with Gasteiger partial charge in [-0.2, -0.15) is 0 Å². The quantitative estimate of drug-likeness (QED) is 0.342. The normalized spacial score (nSPS) is 8.09. The summed E-state index contributed by atoms with van der Waals surface area (Å²) in [6.45, 7) is 3.75. The van der Waals surface area contributed by atoms with Gasteiger partial charge >= 0.3 is 5.97 Å². The summed E-state index contributed by atoms with van der Waals surface area (Å²) in [4.78, 5) is 10.4. The minimum Gasteiger partial charge on any atom is -0.463 e. The van der Waals surface area contributed by atoms with Crippen molar-refractivity contribution in [3.63, 3.8) is 0 Å². The second-order valence-corrected chi connectivity index (χ2v) is 1.80. The van der Waals surface area contributed by atoms with E-state index in [9.17, 15) is 4.79 Å². The van der Waals surface area contributed by atoms with Crippen molar-refractivity contribution in [2.45, 2.75) is 12.8 Å². The molecule has 0 fully saturated rings. The maximum absolute atomic E-state index is 10.4. The first kappa shape index (κ1) is 13.7. The predicted molar refractivity (Wildman–Crippen MR) is 37.5 cm³/mol. The van der Waals surface area contributed by atoms with Gasteiger partial charge < -0.3 is 9.84 Å². The molecule has 0 radical (unpaired) electrons. The number of ether oxygens (including phenoxy) is 1. The Morgan fingerprint density at radius 3 is 2.64 bits per heavy atom. The van der Waals surface area contributed by atoms with E-state index < -0.39 is 5.97 Å². The molecule has 4 heteroatoms. The third-order valence-corrected chi connectivity index (χ3v) is 0.963. The van der Waals surface area contributed by atoms with Crippen LogP contribution in [-0.2, 0) is 37.2 Å². The SMILES string of the molecule is C=CC(=O)OCCCCO.[Hg]. The summed E-state index contributed by atoms with van der Waals surface area (Å²) in [5.74, 6) is -0.405. The number of aliphatic hydroxyl groups excluding tert-OH is 1. The Morgan fingerprint density at radius 1 is 1.55 bits per heavy atom. The van der Waals surface area contributed by atoms with Gasteiger partial charge in [0.25, 0.3) is 0 Å². The smallest absolute Gasteiger partial charge is 0.330 e. The fourth-order valence-electron chi connectivity index (χ4n) is 0.446. The molecule has 0 saturated carbocycles. The van der Waals surface area contributed by atoms with Crippen LogP contribution in [0, 0.1) is 0 Å². The Kier molecular flexibility index (Phi) is 12.6. The molecule has 0 spiro atoms. The summed E-state index contributed by atoms with van der Waals surface area (Å²) in [6.07, 6.45) is 2.50. The first-order valence-corrected chi connectivity index (χ1v) is 3.21. The Morgan fingerprint density at radius 2 is 2.18 bits per heavy atom. The second kappa shape index (κ2) is 10.1. The average Bonchev–Trinajstić information content (AvgIpc) is 1.98. The van der Waals surface area contributed by atoms with Gasteiger partial charge in [-0.05, 0) is 12.8 Å². The van der Waals surface area contributed by atoms with Crippen LogP contribution in [0.2, 0.25) is 0 Å². The molecule has 11 heavy (non-hydrogen) atoms. The number of rotatable bonds is 5. The largest absolute Gasteiger partial charge is 0.463 e. The van der Waals surface area contributed by atoms with Gasteiger partial charge in [0.1, 0.15) is 0 Å². The van der Waals surface area contributed by atoms with Gasteiger partial charge in [0, 0.05) is 40.4 Å². The third-order valence-electron chi connectivity index (χ3n) is 0.963. The predicted octanol–water partition coefficient (Wildman–Crippen LogP) is 0.486. The summed E-state index contributed by atoms with van der Waals surface area (Å²) < 4.78 is 4.63. The second-order valence-electron chi connectivity index (χ2n) is 1.80. The molecule has 0 aliphatic rings. The third kappa shape index (κ3) is 10.1. The zero-order valence-electron chi connectivity index (χ0n) is 6.58. The standard InChI is InChI=1S/C7H12O3.Hg/c1-2-7(9)10-6-4-3-5-8;/h2,8H,1,3-6H2;. The minimum absolute atomic E-state index is 0. The molecule has 0 amide bonds. The van der Waals surface area contributed by atoms with Crippen LogP contribution in [0.1, 0.15) is 12.8 Å². The van der Waals surface area contributed by atoms with Crippen LogP contribution in [0.25, 0.3) is 0 Å². The van der Waals surface area contributed by atoms with Crippen LogP contribution in [0.5, 0.6) is 0 Å². The molecule has 0 atom stereocenters. The maximum Gasteiger partial charge on any atom is 0.330 e. The van der Waals surface area contributed by atoms with Gasteiger partial charge in [-0.25, -0.2) is 4.79 Å². The molecule has 0 aliphatic carbocycles. The maximum atomic E-state index is 10.4. The number of carbonyl (C=O) groups is 1. The summed E-state index contributed by atoms with van der Waals surface area (Å²) in [6, 6.07) is 0. The van der Waals surface area contributed by atoms with Crippen molar-refractivity contribution >= 4 is 5.97 Å². The van der Waals surface area contributed by atoms with E-state index in [1.54, 1.807) is 0 Å². The van der Waals surface area contributed by atoms with Crippen LogP contribution >= 0.6 is 0 Å². The van der Waals surface area contributed by atoms with Crippen molar-refractivity contribution in [1.82, 2.24) is 0 Å². The van der Waals surface area contributed by atoms with Crippen molar-refractivity contribution in [3.8, 4) is 0 Å². The summed E-state index contributed by atoms with van der Waals surface area (Å²) in [5.41, 5.74) is 0.